The molecule has 0 spiro atoms. The van der Waals surface area contributed by atoms with Crippen molar-refractivity contribution in [1.82, 2.24) is 15.2 Å². The summed E-state index contributed by atoms with van der Waals surface area (Å²) in [6.45, 7) is 16.1. The van der Waals surface area contributed by atoms with Crippen molar-refractivity contribution in [3.63, 3.8) is 0 Å². The van der Waals surface area contributed by atoms with Crippen LogP contribution < -0.4 is 5.32 Å². The van der Waals surface area contributed by atoms with E-state index < -0.39 is 0 Å². The lowest BCUT2D eigenvalue weighted by atomic mass is 9.83. The molecule has 2 rings (SSSR count). The maximum atomic E-state index is 4.61. The van der Waals surface area contributed by atoms with Crippen LogP contribution in [0.15, 0.2) is 11.6 Å². The highest BCUT2D eigenvalue weighted by Crippen LogP contribution is 2.37. The molecule has 1 aliphatic rings. The van der Waals surface area contributed by atoms with Gasteiger partial charge in [0.2, 0.25) is 0 Å². The molecule has 120 valence electrons. The van der Waals surface area contributed by atoms with Crippen LogP contribution in [-0.4, -0.2) is 34.6 Å². The monoisotopic (exact) mass is 309 g/mol. The van der Waals surface area contributed by atoms with Crippen LogP contribution in [0.25, 0.3) is 0 Å². The van der Waals surface area contributed by atoms with Gasteiger partial charge in [0.05, 0.1) is 5.54 Å². The van der Waals surface area contributed by atoms with Crippen LogP contribution >= 0.6 is 11.3 Å². The van der Waals surface area contributed by atoms with Gasteiger partial charge in [-0.3, -0.25) is 4.90 Å². The third kappa shape index (κ3) is 3.17. The molecular formula is C17H31N3S. The number of thiazole rings is 1. The van der Waals surface area contributed by atoms with E-state index in [1.807, 2.05) is 6.20 Å². The number of nitrogens with zero attached hydrogens (tertiary/aromatic N) is 2. The lowest BCUT2D eigenvalue weighted by Gasteiger charge is -2.54. The van der Waals surface area contributed by atoms with Crippen molar-refractivity contribution in [2.75, 3.05) is 13.1 Å². The Labute approximate surface area is 134 Å². The van der Waals surface area contributed by atoms with Gasteiger partial charge in [-0.2, -0.15) is 0 Å². The van der Waals surface area contributed by atoms with Crippen LogP contribution in [0.4, 0.5) is 0 Å². The van der Waals surface area contributed by atoms with Crippen molar-refractivity contribution in [1.29, 1.82) is 0 Å². The Morgan fingerprint density at radius 3 is 2.57 bits per heavy atom. The molecular weight excluding hydrogens is 278 g/mol. The number of hydrogen-bond acceptors (Lipinski definition) is 4. The summed E-state index contributed by atoms with van der Waals surface area (Å²) in [6.07, 6.45) is 4.29. The smallest absolute Gasteiger partial charge is 0.112 e. The van der Waals surface area contributed by atoms with E-state index in [-0.39, 0.29) is 11.1 Å². The summed E-state index contributed by atoms with van der Waals surface area (Å²) < 4.78 is 0. The second kappa shape index (κ2) is 6.35. The highest BCUT2D eigenvalue weighted by atomic mass is 32.1. The Morgan fingerprint density at radius 1 is 1.43 bits per heavy atom. The summed E-state index contributed by atoms with van der Waals surface area (Å²) in [5, 5.41) is 7.18. The molecule has 1 fully saturated rings. The zero-order valence-electron chi connectivity index (χ0n) is 14.4. The Kier molecular flexibility index (Phi) is 5.11. The van der Waals surface area contributed by atoms with Gasteiger partial charge < -0.3 is 5.32 Å². The van der Waals surface area contributed by atoms with Crippen LogP contribution in [0, 0.1) is 5.92 Å². The van der Waals surface area contributed by atoms with E-state index in [9.17, 15) is 0 Å². The summed E-state index contributed by atoms with van der Waals surface area (Å²) in [6, 6.07) is 0.565. The zero-order valence-corrected chi connectivity index (χ0v) is 15.3. The summed E-state index contributed by atoms with van der Waals surface area (Å²) in [5.74, 6) is 0.642. The van der Waals surface area contributed by atoms with E-state index in [2.05, 4.69) is 62.1 Å². The molecule has 1 aromatic rings. The average Bonchev–Trinajstić information content (AvgIpc) is 3.01. The van der Waals surface area contributed by atoms with E-state index in [1.165, 1.54) is 17.8 Å². The van der Waals surface area contributed by atoms with Gasteiger partial charge in [0.15, 0.2) is 0 Å². The molecule has 1 N–H and O–H groups in total. The molecule has 0 aliphatic carbocycles. The Bertz CT molecular complexity index is 435. The van der Waals surface area contributed by atoms with Crippen LogP contribution in [0.2, 0.25) is 0 Å². The topological polar surface area (TPSA) is 28.2 Å². The van der Waals surface area contributed by atoms with Crippen molar-refractivity contribution in [3.05, 3.63) is 16.6 Å². The molecule has 2 heterocycles. The highest BCUT2D eigenvalue weighted by Gasteiger charge is 2.45. The van der Waals surface area contributed by atoms with E-state index in [4.69, 9.17) is 0 Å². The molecule has 1 saturated heterocycles. The summed E-state index contributed by atoms with van der Waals surface area (Å²) >= 11 is 1.78. The van der Waals surface area contributed by atoms with Gasteiger partial charge in [-0.05, 0) is 32.6 Å². The number of hydrogen-bond donors (Lipinski definition) is 1. The van der Waals surface area contributed by atoms with Crippen molar-refractivity contribution >= 4 is 11.3 Å². The number of rotatable bonds is 5. The quantitative estimate of drug-likeness (QED) is 0.895. The molecule has 0 aromatic carbocycles. The molecule has 4 heteroatoms. The molecule has 1 atom stereocenters. The molecule has 1 unspecified atom stereocenters. The SMILES string of the molecule is CCC1(CC)CN(C(C)(C)c2nccs2)C(C(C)C)CN1. The Balaban J connectivity index is 2.34. The van der Waals surface area contributed by atoms with Crippen LogP contribution in [-0.2, 0) is 5.54 Å². The minimum atomic E-state index is 0.000787. The third-order valence-electron chi connectivity index (χ3n) is 5.36. The molecule has 1 aliphatic heterocycles. The first-order valence-corrected chi connectivity index (χ1v) is 9.16. The number of nitrogens with one attached hydrogen (secondary N) is 1. The predicted molar refractivity (Wildman–Crippen MR) is 91.8 cm³/mol. The van der Waals surface area contributed by atoms with Crippen molar-refractivity contribution in [2.45, 2.75) is 71.5 Å². The van der Waals surface area contributed by atoms with Crippen molar-refractivity contribution in [3.8, 4) is 0 Å². The Morgan fingerprint density at radius 2 is 2.10 bits per heavy atom. The fraction of sp³-hybridized carbons (Fsp3) is 0.824. The lowest BCUT2D eigenvalue weighted by molar-refractivity contribution is -0.0233. The first-order valence-electron chi connectivity index (χ1n) is 8.28. The van der Waals surface area contributed by atoms with Gasteiger partial charge in [0, 0.05) is 36.2 Å². The fourth-order valence-electron chi connectivity index (χ4n) is 3.51. The Hall–Kier alpha value is -0.450. The molecule has 0 radical (unpaired) electrons. The summed E-state index contributed by atoms with van der Waals surface area (Å²) in [4.78, 5) is 7.32. The molecule has 3 nitrogen and oxygen atoms in total. The highest BCUT2D eigenvalue weighted by molar-refractivity contribution is 7.09. The molecule has 0 bridgehead atoms. The fourth-order valence-corrected chi connectivity index (χ4v) is 4.29. The second-order valence-electron chi connectivity index (χ2n) is 7.20. The van der Waals surface area contributed by atoms with Crippen molar-refractivity contribution in [2.24, 2.45) is 5.92 Å². The van der Waals surface area contributed by atoms with Crippen LogP contribution in [0.3, 0.4) is 0 Å². The number of piperazine rings is 1. The van der Waals surface area contributed by atoms with Gasteiger partial charge in [0.25, 0.3) is 0 Å². The molecule has 0 amide bonds. The predicted octanol–water partition coefficient (Wildman–Crippen LogP) is 3.87. The zero-order chi connectivity index (χ0) is 15.7. The van der Waals surface area contributed by atoms with E-state index in [1.54, 1.807) is 11.3 Å². The normalized spacial score (nSPS) is 23.7. The second-order valence-corrected chi connectivity index (χ2v) is 8.10. The van der Waals surface area contributed by atoms with E-state index in [0.29, 0.717) is 12.0 Å². The minimum Gasteiger partial charge on any atom is -0.308 e. The van der Waals surface area contributed by atoms with Gasteiger partial charge in [-0.15, -0.1) is 11.3 Å². The van der Waals surface area contributed by atoms with E-state index >= 15 is 0 Å². The lowest BCUT2D eigenvalue weighted by Crippen LogP contribution is -2.68. The average molecular weight is 310 g/mol. The van der Waals surface area contributed by atoms with Gasteiger partial charge in [-0.1, -0.05) is 27.7 Å². The van der Waals surface area contributed by atoms with Gasteiger partial charge >= 0.3 is 0 Å². The standard InChI is InChI=1S/C17H31N3S/c1-7-17(8-2)12-20(14(11-19-17)13(3)4)16(5,6)15-18-9-10-21-15/h9-10,13-14,19H,7-8,11-12H2,1-6H3. The molecule has 0 saturated carbocycles. The van der Waals surface area contributed by atoms with Gasteiger partial charge in [0.1, 0.15) is 5.01 Å². The van der Waals surface area contributed by atoms with Crippen LogP contribution in [0.5, 0.6) is 0 Å². The first-order chi connectivity index (χ1) is 9.86. The third-order valence-corrected chi connectivity index (χ3v) is 6.44. The first kappa shape index (κ1) is 16.9. The van der Waals surface area contributed by atoms with Crippen molar-refractivity contribution < 1.29 is 0 Å². The summed E-state index contributed by atoms with van der Waals surface area (Å²) in [5.41, 5.74) is 0.251. The maximum absolute atomic E-state index is 4.61. The summed E-state index contributed by atoms with van der Waals surface area (Å²) in [7, 11) is 0. The molecule has 21 heavy (non-hydrogen) atoms. The maximum Gasteiger partial charge on any atom is 0.112 e. The van der Waals surface area contributed by atoms with Crippen LogP contribution in [0.1, 0.15) is 59.4 Å². The largest absolute Gasteiger partial charge is 0.308 e. The van der Waals surface area contributed by atoms with E-state index in [0.717, 1.165) is 13.1 Å². The molecule has 1 aromatic heterocycles. The van der Waals surface area contributed by atoms with Gasteiger partial charge in [-0.25, -0.2) is 4.98 Å². The number of aromatic nitrogens is 1. The minimum absolute atomic E-state index is 0.000787.